The molecule has 0 aromatic carbocycles. The van der Waals surface area contributed by atoms with Crippen LogP contribution in [0.5, 0.6) is 0 Å². The third kappa shape index (κ3) is 5.18. The van der Waals surface area contributed by atoms with Crippen molar-refractivity contribution < 1.29 is 0 Å². The van der Waals surface area contributed by atoms with E-state index in [0.717, 1.165) is 17.8 Å². The maximum absolute atomic E-state index is 2.51. The lowest BCUT2D eigenvalue weighted by molar-refractivity contribution is 0.348. The topological polar surface area (TPSA) is 0 Å². The summed E-state index contributed by atoms with van der Waals surface area (Å²) >= 11 is 0. The van der Waals surface area contributed by atoms with Crippen molar-refractivity contribution in [1.82, 2.24) is 0 Å². The standard InChI is InChI=1S/C16H30/c1-13(2)15(4)11-10-14(3)12-16-8-6-5-7-9-16/h8,13-15H,5-7,9-12H2,1-4H3. The molecule has 0 aromatic heterocycles. The summed E-state index contributed by atoms with van der Waals surface area (Å²) in [5.74, 6) is 2.63. The highest BCUT2D eigenvalue weighted by Crippen LogP contribution is 2.27. The van der Waals surface area contributed by atoms with Crippen LogP contribution in [0, 0.1) is 17.8 Å². The van der Waals surface area contributed by atoms with Crippen LogP contribution in [0.15, 0.2) is 11.6 Å². The van der Waals surface area contributed by atoms with E-state index in [4.69, 9.17) is 0 Å². The van der Waals surface area contributed by atoms with Gasteiger partial charge in [-0.05, 0) is 49.9 Å². The van der Waals surface area contributed by atoms with E-state index in [1.165, 1.54) is 44.9 Å². The molecule has 0 aliphatic heterocycles. The van der Waals surface area contributed by atoms with E-state index in [1.807, 2.05) is 0 Å². The lowest BCUT2D eigenvalue weighted by Crippen LogP contribution is -2.07. The van der Waals surface area contributed by atoms with Gasteiger partial charge in [-0.15, -0.1) is 0 Å². The minimum atomic E-state index is 0.848. The molecule has 1 aliphatic carbocycles. The van der Waals surface area contributed by atoms with Crippen LogP contribution in [0.1, 0.15) is 72.6 Å². The normalized spacial score (nSPS) is 20.7. The summed E-state index contributed by atoms with van der Waals surface area (Å²) in [4.78, 5) is 0. The Labute approximate surface area is 103 Å². The maximum atomic E-state index is 2.51. The average molecular weight is 222 g/mol. The third-order valence-electron chi connectivity index (χ3n) is 4.25. The highest BCUT2D eigenvalue weighted by Gasteiger charge is 2.12. The molecule has 0 heteroatoms. The Hall–Kier alpha value is -0.260. The second-order valence-corrected chi connectivity index (χ2v) is 6.22. The monoisotopic (exact) mass is 222 g/mol. The number of hydrogen-bond acceptors (Lipinski definition) is 0. The van der Waals surface area contributed by atoms with Crippen LogP contribution >= 0.6 is 0 Å². The Kier molecular flexibility index (Phi) is 6.16. The van der Waals surface area contributed by atoms with Crippen LogP contribution in [-0.2, 0) is 0 Å². The van der Waals surface area contributed by atoms with Gasteiger partial charge < -0.3 is 0 Å². The molecule has 0 radical (unpaired) electrons. The Balaban J connectivity index is 2.19. The molecule has 0 bridgehead atoms. The zero-order valence-corrected chi connectivity index (χ0v) is 11.8. The first-order valence-corrected chi connectivity index (χ1v) is 7.27. The smallest absolute Gasteiger partial charge is 0.0294 e. The highest BCUT2D eigenvalue weighted by atomic mass is 14.2. The van der Waals surface area contributed by atoms with Crippen LogP contribution in [-0.4, -0.2) is 0 Å². The third-order valence-corrected chi connectivity index (χ3v) is 4.25. The SMILES string of the molecule is CC(CCC(C)C(C)C)CC1=CCCCC1. The lowest BCUT2D eigenvalue weighted by Gasteiger charge is -2.20. The minimum absolute atomic E-state index is 0.848. The summed E-state index contributed by atoms with van der Waals surface area (Å²) in [6, 6.07) is 0. The predicted octanol–water partition coefficient (Wildman–Crippen LogP) is 5.59. The largest absolute Gasteiger partial charge is 0.0853 e. The number of allylic oxidation sites excluding steroid dienone is 2. The fraction of sp³-hybridized carbons (Fsp3) is 0.875. The Bertz CT molecular complexity index is 212. The molecule has 0 heterocycles. The van der Waals surface area contributed by atoms with Gasteiger partial charge >= 0.3 is 0 Å². The molecule has 0 fully saturated rings. The Morgan fingerprint density at radius 2 is 1.81 bits per heavy atom. The molecule has 94 valence electrons. The van der Waals surface area contributed by atoms with Gasteiger partial charge in [0, 0.05) is 0 Å². The second-order valence-electron chi connectivity index (χ2n) is 6.22. The summed E-state index contributed by atoms with van der Waals surface area (Å²) in [7, 11) is 0. The molecule has 0 nitrogen and oxygen atoms in total. The van der Waals surface area contributed by atoms with Gasteiger partial charge in [-0.25, -0.2) is 0 Å². The van der Waals surface area contributed by atoms with E-state index >= 15 is 0 Å². The summed E-state index contributed by atoms with van der Waals surface area (Å²) in [6.07, 6.45) is 12.3. The molecule has 0 saturated heterocycles. The van der Waals surface area contributed by atoms with Gasteiger partial charge in [0.05, 0.1) is 0 Å². The van der Waals surface area contributed by atoms with Gasteiger partial charge in [0.25, 0.3) is 0 Å². The van der Waals surface area contributed by atoms with Gasteiger partial charge in [0.1, 0.15) is 0 Å². The van der Waals surface area contributed by atoms with Gasteiger partial charge in [0.2, 0.25) is 0 Å². The van der Waals surface area contributed by atoms with E-state index in [9.17, 15) is 0 Å². The highest BCUT2D eigenvalue weighted by molar-refractivity contribution is 5.05. The van der Waals surface area contributed by atoms with Crippen LogP contribution in [0.2, 0.25) is 0 Å². The van der Waals surface area contributed by atoms with Gasteiger partial charge in [-0.2, -0.15) is 0 Å². The van der Waals surface area contributed by atoms with Crippen LogP contribution in [0.25, 0.3) is 0 Å². The van der Waals surface area contributed by atoms with Crippen molar-refractivity contribution in [1.29, 1.82) is 0 Å². The van der Waals surface area contributed by atoms with E-state index in [-0.39, 0.29) is 0 Å². The molecule has 0 spiro atoms. The van der Waals surface area contributed by atoms with Crippen molar-refractivity contribution in [3.05, 3.63) is 11.6 Å². The maximum Gasteiger partial charge on any atom is -0.0294 e. The summed E-state index contributed by atoms with van der Waals surface area (Å²) in [5, 5.41) is 0. The summed E-state index contributed by atoms with van der Waals surface area (Å²) < 4.78 is 0. The van der Waals surface area contributed by atoms with E-state index < -0.39 is 0 Å². The Morgan fingerprint density at radius 1 is 1.06 bits per heavy atom. The predicted molar refractivity (Wildman–Crippen MR) is 73.6 cm³/mol. The molecule has 0 saturated carbocycles. The molecule has 1 aliphatic rings. The van der Waals surface area contributed by atoms with Gasteiger partial charge in [-0.3, -0.25) is 0 Å². The summed E-state index contributed by atoms with van der Waals surface area (Å²) in [6.45, 7) is 9.53. The molecule has 0 aromatic rings. The Morgan fingerprint density at radius 3 is 2.38 bits per heavy atom. The first-order chi connectivity index (χ1) is 7.59. The summed E-state index contributed by atoms with van der Waals surface area (Å²) in [5.41, 5.74) is 1.75. The second kappa shape index (κ2) is 7.14. The number of hydrogen-bond donors (Lipinski definition) is 0. The van der Waals surface area contributed by atoms with Gasteiger partial charge in [0.15, 0.2) is 0 Å². The van der Waals surface area contributed by atoms with Crippen LogP contribution < -0.4 is 0 Å². The minimum Gasteiger partial charge on any atom is -0.0853 e. The zero-order chi connectivity index (χ0) is 12.0. The van der Waals surface area contributed by atoms with E-state index in [0.29, 0.717) is 0 Å². The van der Waals surface area contributed by atoms with E-state index in [1.54, 1.807) is 5.57 Å². The fourth-order valence-corrected chi connectivity index (χ4v) is 2.52. The van der Waals surface area contributed by atoms with Gasteiger partial charge in [-0.1, -0.05) is 52.2 Å². The molecular formula is C16H30. The zero-order valence-electron chi connectivity index (χ0n) is 11.8. The van der Waals surface area contributed by atoms with Crippen molar-refractivity contribution in [2.75, 3.05) is 0 Å². The van der Waals surface area contributed by atoms with Crippen molar-refractivity contribution >= 4 is 0 Å². The molecule has 0 N–H and O–H groups in total. The molecule has 2 atom stereocenters. The van der Waals surface area contributed by atoms with Crippen molar-refractivity contribution in [2.24, 2.45) is 17.8 Å². The quantitative estimate of drug-likeness (QED) is 0.514. The van der Waals surface area contributed by atoms with Crippen molar-refractivity contribution in [2.45, 2.75) is 72.6 Å². The average Bonchev–Trinajstić information content (AvgIpc) is 2.27. The fourth-order valence-electron chi connectivity index (χ4n) is 2.52. The van der Waals surface area contributed by atoms with E-state index in [2.05, 4.69) is 33.8 Å². The molecule has 0 amide bonds. The molecule has 1 rings (SSSR count). The molecular weight excluding hydrogens is 192 g/mol. The first kappa shape index (κ1) is 13.8. The lowest BCUT2D eigenvalue weighted by atomic mass is 9.86. The number of rotatable bonds is 6. The first-order valence-electron chi connectivity index (χ1n) is 7.27. The molecule has 2 unspecified atom stereocenters. The van der Waals surface area contributed by atoms with Crippen LogP contribution in [0.4, 0.5) is 0 Å². The van der Waals surface area contributed by atoms with Crippen LogP contribution in [0.3, 0.4) is 0 Å². The van der Waals surface area contributed by atoms with Crippen molar-refractivity contribution in [3.63, 3.8) is 0 Å². The van der Waals surface area contributed by atoms with Crippen molar-refractivity contribution in [3.8, 4) is 0 Å². The molecule has 16 heavy (non-hydrogen) atoms.